The summed E-state index contributed by atoms with van der Waals surface area (Å²) in [6.07, 6.45) is 4.19. The Labute approximate surface area is 161 Å². The summed E-state index contributed by atoms with van der Waals surface area (Å²) < 4.78 is 0. The molecule has 4 nitrogen and oxygen atoms in total. The van der Waals surface area contributed by atoms with Gasteiger partial charge in [0.05, 0.1) is 0 Å². The number of nitrogens with one attached hydrogen (secondary N) is 1. The molecule has 0 saturated heterocycles. The maximum atomic E-state index is 10.5. The molecule has 2 atom stereocenters. The molecule has 0 rings (SSSR count). The molecule has 2 unspecified atom stereocenters. The monoisotopic (exact) mass is 405 g/mol. The van der Waals surface area contributed by atoms with E-state index in [4.69, 9.17) is 11.5 Å². The van der Waals surface area contributed by atoms with Gasteiger partial charge in [-0.3, -0.25) is 4.79 Å². The van der Waals surface area contributed by atoms with Crippen molar-refractivity contribution in [3.8, 4) is 0 Å². The van der Waals surface area contributed by atoms with Gasteiger partial charge in [0.25, 0.3) is 0 Å². The van der Waals surface area contributed by atoms with E-state index >= 15 is 0 Å². The van der Waals surface area contributed by atoms with Crippen LogP contribution < -0.4 is 16.8 Å². The molecular weight excluding hydrogens is 366 g/mol. The van der Waals surface area contributed by atoms with Crippen LogP contribution in [0.4, 0.5) is 0 Å². The average Bonchev–Trinajstić information content (AvgIpc) is 2.48. The molecule has 0 radical (unpaired) electrons. The van der Waals surface area contributed by atoms with Crippen molar-refractivity contribution in [3.63, 3.8) is 0 Å². The summed E-state index contributed by atoms with van der Waals surface area (Å²) in [6, 6.07) is 0.700. The first-order valence-electron chi connectivity index (χ1n) is 7.13. The molecule has 1 amide bonds. The van der Waals surface area contributed by atoms with Gasteiger partial charge in [-0.05, 0) is 19.1 Å². The lowest BCUT2D eigenvalue weighted by molar-refractivity contribution is -0.118. The first-order chi connectivity index (χ1) is 9.97. The number of nitrogens with two attached hydrogens (primary N) is 2. The lowest BCUT2D eigenvalue weighted by atomic mass is 10.3. The first kappa shape index (κ1) is 31.5. The highest BCUT2D eigenvalue weighted by Crippen LogP contribution is 2.21. The van der Waals surface area contributed by atoms with Gasteiger partial charge in [0.2, 0.25) is 5.91 Å². The normalized spacial score (nSPS) is 11.9. The maximum absolute atomic E-state index is 10.5. The highest BCUT2D eigenvalue weighted by Gasteiger charge is 1.99. The number of amides is 1. The standard InChI is InChI=1S/C8H18N2OS2.C5H13NS2.2CH4/c1-3-8(9)6-13-12-5-4-10-7(2)11;1-3-5(6)4-8-7-2;;/h8H,3-6,9H2,1-2H3,(H,10,11);5H,3-4,6H2,1-2H3;2*1H4. The summed E-state index contributed by atoms with van der Waals surface area (Å²) in [7, 11) is 7.15. The quantitative estimate of drug-likeness (QED) is 0.350. The second-order valence-electron chi connectivity index (χ2n) is 4.38. The van der Waals surface area contributed by atoms with E-state index in [0.717, 1.165) is 36.6 Å². The van der Waals surface area contributed by atoms with Gasteiger partial charge in [0.15, 0.2) is 0 Å². The zero-order valence-electron chi connectivity index (χ0n) is 13.6. The van der Waals surface area contributed by atoms with Crippen molar-refractivity contribution in [3.05, 3.63) is 0 Å². The number of hydrogen-bond acceptors (Lipinski definition) is 7. The third kappa shape index (κ3) is 31.1. The number of hydrogen-bond donors (Lipinski definition) is 3. The molecule has 0 aliphatic rings. The molecule has 8 heteroatoms. The molecule has 0 aliphatic heterocycles. The van der Waals surface area contributed by atoms with Crippen LogP contribution in [-0.4, -0.2) is 48.0 Å². The Hall–Kier alpha value is 0.790. The fraction of sp³-hybridized carbons (Fsp3) is 0.933. The van der Waals surface area contributed by atoms with Gasteiger partial charge in [-0.1, -0.05) is 71.9 Å². The lowest BCUT2D eigenvalue weighted by Crippen LogP contribution is -2.22. The van der Waals surface area contributed by atoms with Crippen LogP contribution in [0.25, 0.3) is 0 Å². The molecule has 144 valence electrons. The first-order valence-corrected chi connectivity index (χ1v) is 12.3. The molecule has 0 aromatic rings. The maximum Gasteiger partial charge on any atom is 0.216 e. The predicted octanol–water partition coefficient (Wildman–Crippen LogP) is 4.25. The van der Waals surface area contributed by atoms with Crippen LogP contribution in [0.1, 0.15) is 48.5 Å². The molecule has 0 heterocycles. The summed E-state index contributed by atoms with van der Waals surface area (Å²) in [4.78, 5) is 10.5. The molecule has 0 aliphatic carbocycles. The van der Waals surface area contributed by atoms with Crippen LogP contribution in [0.3, 0.4) is 0 Å². The molecule has 0 saturated carbocycles. The van der Waals surface area contributed by atoms with E-state index in [9.17, 15) is 4.79 Å². The van der Waals surface area contributed by atoms with E-state index in [0.29, 0.717) is 12.1 Å². The Balaban J connectivity index is -0.000000158. The third-order valence-electron chi connectivity index (χ3n) is 2.37. The number of carbonyl (C=O) groups excluding carboxylic acids is 1. The Morgan fingerprint density at radius 2 is 1.48 bits per heavy atom. The van der Waals surface area contributed by atoms with Crippen molar-refractivity contribution in [2.45, 2.75) is 60.5 Å². The smallest absolute Gasteiger partial charge is 0.216 e. The van der Waals surface area contributed by atoms with Gasteiger partial charge in [-0.2, -0.15) is 0 Å². The minimum absolute atomic E-state index is 0. The minimum Gasteiger partial charge on any atom is -0.355 e. The zero-order chi connectivity index (χ0) is 16.5. The van der Waals surface area contributed by atoms with Crippen LogP contribution >= 0.6 is 43.2 Å². The topological polar surface area (TPSA) is 81.1 Å². The van der Waals surface area contributed by atoms with E-state index in [1.54, 1.807) is 32.4 Å². The summed E-state index contributed by atoms with van der Waals surface area (Å²) in [5.41, 5.74) is 11.4. The minimum atomic E-state index is 0. The third-order valence-corrected chi connectivity index (χ3v) is 6.80. The van der Waals surface area contributed by atoms with Crippen molar-refractivity contribution >= 4 is 49.1 Å². The van der Waals surface area contributed by atoms with Gasteiger partial charge in [-0.25, -0.2) is 0 Å². The summed E-state index contributed by atoms with van der Waals surface area (Å²) >= 11 is 0. The average molecular weight is 406 g/mol. The fourth-order valence-electron chi connectivity index (χ4n) is 0.854. The molecule has 23 heavy (non-hydrogen) atoms. The van der Waals surface area contributed by atoms with Crippen LogP contribution in [0.2, 0.25) is 0 Å². The van der Waals surface area contributed by atoms with Crippen molar-refractivity contribution in [1.82, 2.24) is 5.32 Å². The van der Waals surface area contributed by atoms with Crippen LogP contribution in [0.15, 0.2) is 0 Å². The van der Waals surface area contributed by atoms with Crippen molar-refractivity contribution in [1.29, 1.82) is 0 Å². The Morgan fingerprint density at radius 3 is 1.87 bits per heavy atom. The Bertz CT molecular complexity index is 237. The van der Waals surface area contributed by atoms with E-state index in [1.807, 2.05) is 10.8 Å². The van der Waals surface area contributed by atoms with E-state index < -0.39 is 0 Å². The second kappa shape index (κ2) is 25.0. The van der Waals surface area contributed by atoms with Gasteiger partial charge in [0, 0.05) is 42.8 Å². The highest BCUT2D eigenvalue weighted by molar-refractivity contribution is 8.76. The Kier molecular flexibility index (Phi) is 34.3. The molecule has 0 fully saturated rings. The SMILES string of the molecule is C.C.CCC(N)CSSC.CCC(N)CSSCCNC(C)=O. The molecule has 0 aromatic carbocycles. The summed E-state index contributed by atoms with van der Waals surface area (Å²) in [5, 5.41) is 2.74. The fourth-order valence-corrected chi connectivity index (χ4v) is 4.56. The van der Waals surface area contributed by atoms with Crippen molar-refractivity contribution in [2.75, 3.05) is 30.1 Å². The predicted molar refractivity (Wildman–Crippen MR) is 120 cm³/mol. The summed E-state index contributed by atoms with van der Waals surface area (Å²) in [5.74, 6) is 3.05. The largest absolute Gasteiger partial charge is 0.355 e. The van der Waals surface area contributed by atoms with Crippen LogP contribution in [0.5, 0.6) is 0 Å². The second-order valence-corrected chi connectivity index (χ2v) is 9.61. The molecular formula is C15H39N3OS4. The van der Waals surface area contributed by atoms with Gasteiger partial charge in [-0.15, -0.1) is 0 Å². The molecule has 0 bridgehead atoms. The molecule has 0 spiro atoms. The number of carbonyl (C=O) groups is 1. The van der Waals surface area contributed by atoms with E-state index in [-0.39, 0.29) is 20.8 Å². The van der Waals surface area contributed by atoms with Gasteiger partial charge < -0.3 is 16.8 Å². The number of rotatable bonds is 11. The Morgan fingerprint density at radius 1 is 1.00 bits per heavy atom. The van der Waals surface area contributed by atoms with E-state index in [1.165, 1.54) is 6.92 Å². The van der Waals surface area contributed by atoms with Crippen LogP contribution in [0, 0.1) is 0 Å². The van der Waals surface area contributed by atoms with Crippen molar-refractivity contribution in [2.24, 2.45) is 11.5 Å². The zero-order valence-corrected chi connectivity index (χ0v) is 16.9. The van der Waals surface area contributed by atoms with Gasteiger partial charge >= 0.3 is 0 Å². The molecule has 0 aromatic heterocycles. The van der Waals surface area contributed by atoms with Crippen LogP contribution in [-0.2, 0) is 4.79 Å². The molecule has 5 N–H and O–H groups in total. The lowest BCUT2D eigenvalue weighted by Gasteiger charge is -2.06. The summed E-state index contributed by atoms with van der Waals surface area (Å²) in [6.45, 7) is 6.48. The van der Waals surface area contributed by atoms with Gasteiger partial charge in [0.1, 0.15) is 0 Å². The van der Waals surface area contributed by atoms with E-state index in [2.05, 4.69) is 25.4 Å². The van der Waals surface area contributed by atoms with Crippen molar-refractivity contribution < 1.29 is 4.79 Å². The highest BCUT2D eigenvalue weighted by atomic mass is 33.1.